The van der Waals surface area contributed by atoms with Crippen molar-refractivity contribution in [1.29, 1.82) is 0 Å². The Morgan fingerprint density at radius 3 is 1.20 bits per heavy atom. The Kier molecular flexibility index (Phi) is 54.8. The third kappa shape index (κ3) is 41.4. The maximum Gasteiger partial charge on any atom is 0.150 e. The van der Waals surface area contributed by atoms with Gasteiger partial charge in [-0.25, -0.2) is 0 Å². The highest BCUT2D eigenvalue weighted by Crippen LogP contribution is 2.66. The molecule has 6 saturated carbocycles. The first-order valence-electron chi connectivity index (χ1n) is 44.8. The van der Waals surface area contributed by atoms with Crippen LogP contribution in [0.4, 0.5) is 0 Å². The average molecular weight is 1780 g/mol. The van der Waals surface area contributed by atoms with Gasteiger partial charge >= 0.3 is 0 Å². The van der Waals surface area contributed by atoms with Crippen molar-refractivity contribution in [1.82, 2.24) is 0 Å². The molecule has 1 N–H and O–H groups in total. The average Bonchev–Trinajstić information content (AvgIpc) is 1.56. The van der Waals surface area contributed by atoms with Crippen LogP contribution >= 0.6 is 0 Å². The summed E-state index contributed by atoms with van der Waals surface area (Å²) in [6.07, 6.45) is 42.5. The summed E-state index contributed by atoms with van der Waals surface area (Å²) in [4.78, 5) is 0. The summed E-state index contributed by atoms with van der Waals surface area (Å²) >= 11 is 0. The maximum absolute atomic E-state index is 8.91. The van der Waals surface area contributed by atoms with Crippen LogP contribution in [0.25, 0.3) is 0 Å². The fourth-order valence-electron chi connectivity index (χ4n) is 16.2. The molecule has 12 rings (SSSR count). The van der Waals surface area contributed by atoms with Gasteiger partial charge in [0.15, 0.2) is 0 Å². The van der Waals surface area contributed by atoms with Gasteiger partial charge in [0.05, 0.1) is 139 Å². The van der Waals surface area contributed by atoms with E-state index in [0.717, 1.165) is 131 Å². The second kappa shape index (κ2) is 62.8. The van der Waals surface area contributed by atoms with Crippen molar-refractivity contribution in [2.24, 2.45) is 28.6 Å². The van der Waals surface area contributed by atoms with Gasteiger partial charge in [0.2, 0.25) is 0 Å². The van der Waals surface area contributed by atoms with Crippen molar-refractivity contribution in [2.45, 2.75) is 275 Å². The van der Waals surface area contributed by atoms with Crippen LogP contribution in [0.1, 0.15) is 202 Å². The van der Waals surface area contributed by atoms with Crippen LogP contribution in [0.2, 0.25) is 0 Å². The van der Waals surface area contributed by atoms with E-state index in [0.29, 0.717) is 79.6 Å². The van der Waals surface area contributed by atoms with E-state index in [1.807, 2.05) is 37.3 Å². The highest BCUT2D eigenvalue weighted by molar-refractivity contribution is 5.34. The van der Waals surface area contributed by atoms with Gasteiger partial charge in [0.25, 0.3) is 0 Å². The highest BCUT2D eigenvalue weighted by Gasteiger charge is 2.62. The molecule has 6 aliphatic carbocycles. The SMILES string of the molecule is C=C(C)OCc1ccc(C(C)(C)C)cc1.C=COC1CC2CCC1(C)C2(C)C.C=COC1CCC(OC=C)C(OC)C1.C=COC1CCC(OC=C)CC1.C=COC1CCCC(OC=C)C1.C=COC1COC2C(OC=C)COC12.C=COCC1CCC(CO)CC1.C=COc1ccc(C(C)(C)C)cc1.C=COc1ccc(OC=C)cc1.C=COc1cccc(OC)c1. The zero-order valence-electron chi connectivity index (χ0n) is 79.6. The van der Waals surface area contributed by atoms with Gasteiger partial charge in [-0.3, -0.25) is 0 Å². The number of aliphatic hydroxyl groups is 1. The van der Waals surface area contributed by atoms with Crippen molar-refractivity contribution in [3.8, 4) is 28.7 Å². The van der Waals surface area contributed by atoms with Gasteiger partial charge < -0.3 is 95.1 Å². The molecule has 12 unspecified atom stereocenters. The topological polar surface area (TPSA) is 196 Å². The Labute approximate surface area is 770 Å². The Morgan fingerprint density at radius 2 is 0.812 bits per heavy atom. The van der Waals surface area contributed by atoms with E-state index in [1.54, 1.807) is 50.8 Å². The van der Waals surface area contributed by atoms with Crippen LogP contribution in [0.3, 0.4) is 0 Å². The third-order valence-electron chi connectivity index (χ3n) is 23.8. The molecule has 0 spiro atoms. The first-order chi connectivity index (χ1) is 61.4. The molecule has 4 aromatic carbocycles. The number of benzene rings is 4. The van der Waals surface area contributed by atoms with Crippen molar-refractivity contribution in [3.63, 3.8) is 0 Å². The number of hydrogen-bond donors (Lipinski definition) is 1. The summed E-state index contributed by atoms with van der Waals surface area (Å²) in [6.45, 7) is 78.1. The fourth-order valence-corrected chi connectivity index (χ4v) is 16.2. The number of ether oxygens (including phenoxy) is 19. The Hall–Kier alpha value is -10.4. The van der Waals surface area contributed by atoms with Gasteiger partial charge in [-0.2, -0.15) is 0 Å². The van der Waals surface area contributed by atoms with E-state index in [1.165, 1.54) is 130 Å². The number of allylic oxidation sites excluding steroid dienone is 1. The standard InChI is InChI=1S/C14H20O.C12H20O.C12H16O.C11H18O3.C10H14O4.C10H16O2.C10H10O2.C10H16O2.C10H18O2.C9H10O2/c1-11(2)15-10-12-6-8-13(9-7-12)14(3,4)5;1-5-13-10-8-9-6-7-12(10,4)11(9,2)3;1-5-13-11-8-6-10(7-9-11)12(2,3)4;1-4-13-9-6-7-10(14-5-2)11(8-9)12-3;1-3-11-7-5-13-10-8(12-4-2)6-14-9(7)10;2*1-3-11-9-5-7-10(8-6-9)12-4-2;1-3-11-9-6-5-7-10(8-9)12-4-2;1-2-12-8-10-5-3-9(7-11)4-6-10;1-3-11-9-6-4-5-8(7-9)10-2/h6-9H,1,10H2,2-5H3;5,9-10H,1,6-8H2,2-4H3;5-9H,1H2,2-4H3;4-5,9-11H,1-2,6-8H2,3H3;3-4,7-10H,1-2,5-6H2;3-4,9-10H,1-2,5-8H2;3-8H,1-2H2;3-4,9-10H,1-2,5-8H2;2,9-11H,1,3-8H2;3-7H,1H2,2H3. The summed E-state index contributed by atoms with van der Waals surface area (Å²) in [5.74, 6) is 6.68. The minimum atomic E-state index is -0.0593. The number of fused-ring (bicyclic) bond motifs is 3. The monoisotopic (exact) mass is 1780 g/mol. The summed E-state index contributed by atoms with van der Waals surface area (Å²) in [6, 6.07) is 31.2. The lowest BCUT2D eigenvalue weighted by Crippen LogP contribution is -2.38. The first kappa shape index (κ1) is 112. The minimum absolute atomic E-state index is 0.0436. The second-order valence-corrected chi connectivity index (χ2v) is 34.6. The molecule has 8 fully saturated rings. The maximum atomic E-state index is 8.91. The zero-order valence-corrected chi connectivity index (χ0v) is 79.6. The molecule has 0 radical (unpaired) electrons. The highest BCUT2D eigenvalue weighted by atomic mass is 16.6. The van der Waals surface area contributed by atoms with E-state index < -0.39 is 0 Å². The summed E-state index contributed by atoms with van der Waals surface area (Å²) < 4.78 is 100. The van der Waals surface area contributed by atoms with E-state index in [-0.39, 0.29) is 53.6 Å². The molecule has 128 heavy (non-hydrogen) atoms. The van der Waals surface area contributed by atoms with Crippen LogP contribution < -0.4 is 23.7 Å². The molecule has 2 aliphatic heterocycles. The van der Waals surface area contributed by atoms with Gasteiger partial charge in [0, 0.05) is 38.0 Å². The normalized spacial score (nSPS) is 24.8. The molecule has 12 atom stereocenters. The number of methoxy groups -OCH3 is 2. The molecule has 710 valence electrons. The molecule has 2 bridgehead atoms. The molecule has 0 aromatic heterocycles. The molecule has 2 heterocycles. The van der Waals surface area contributed by atoms with Crippen molar-refractivity contribution < 1.29 is 95.1 Å². The predicted molar refractivity (Wildman–Crippen MR) is 517 cm³/mol. The van der Waals surface area contributed by atoms with Crippen LogP contribution in [0.15, 0.2) is 289 Å². The third-order valence-corrected chi connectivity index (χ3v) is 23.8. The van der Waals surface area contributed by atoms with Gasteiger partial charge in [-0.1, -0.05) is 203 Å². The molecule has 2 saturated heterocycles. The first-order valence-corrected chi connectivity index (χ1v) is 44.8. The Morgan fingerprint density at radius 1 is 0.414 bits per heavy atom. The van der Waals surface area contributed by atoms with Gasteiger partial charge in [-0.05, 0) is 209 Å². The zero-order chi connectivity index (χ0) is 94.8. The lowest BCUT2D eigenvalue weighted by atomic mass is 9.70. The second-order valence-electron chi connectivity index (χ2n) is 34.6. The molecule has 20 nitrogen and oxygen atoms in total. The van der Waals surface area contributed by atoms with Gasteiger partial charge in [0.1, 0.15) is 90.3 Å². The molecular weight excluding hydrogens is 1620 g/mol. The van der Waals surface area contributed by atoms with E-state index in [2.05, 4.69) is 197 Å². The number of hydrogen-bond acceptors (Lipinski definition) is 20. The van der Waals surface area contributed by atoms with Crippen molar-refractivity contribution in [3.05, 3.63) is 306 Å². The Balaban J connectivity index is 0.000000367. The predicted octanol–water partition coefficient (Wildman–Crippen LogP) is 26.1. The largest absolute Gasteiger partial charge is 0.502 e. The van der Waals surface area contributed by atoms with Crippen molar-refractivity contribution >= 4 is 0 Å². The lowest BCUT2D eigenvalue weighted by molar-refractivity contribution is -0.0769. The van der Waals surface area contributed by atoms with Crippen LogP contribution in [-0.4, -0.2) is 119 Å². The molecular formula is C108H158O20. The van der Waals surface area contributed by atoms with Crippen LogP contribution in [0.5, 0.6) is 28.7 Å². The Bertz CT molecular complexity index is 3700. The van der Waals surface area contributed by atoms with Crippen molar-refractivity contribution in [2.75, 3.05) is 40.6 Å². The number of aliphatic hydroxyl groups excluding tert-OH is 1. The summed E-state index contributed by atoms with van der Waals surface area (Å²) in [5, 5.41) is 8.91. The van der Waals surface area contributed by atoms with E-state index >= 15 is 0 Å². The van der Waals surface area contributed by atoms with E-state index in [4.69, 9.17) is 95.1 Å². The minimum Gasteiger partial charge on any atom is -0.502 e. The van der Waals surface area contributed by atoms with Crippen LogP contribution in [-0.2, 0) is 83.8 Å². The summed E-state index contributed by atoms with van der Waals surface area (Å²) in [7, 11) is 3.31. The molecule has 8 aliphatic rings. The smallest absolute Gasteiger partial charge is 0.150 e. The molecule has 0 amide bonds. The molecule has 4 aromatic rings. The number of rotatable bonds is 35. The molecule has 20 heteroatoms. The van der Waals surface area contributed by atoms with Crippen LogP contribution in [0, 0.1) is 28.6 Å². The fraction of sp³-hybridized carbons (Fsp3) is 0.500. The van der Waals surface area contributed by atoms with E-state index in [9.17, 15) is 0 Å². The van der Waals surface area contributed by atoms with Gasteiger partial charge in [-0.15, -0.1) is 0 Å². The quantitative estimate of drug-likeness (QED) is 0.0427. The lowest BCUT2D eigenvalue weighted by Gasteiger charge is -2.38. The summed E-state index contributed by atoms with van der Waals surface area (Å²) in [5.41, 5.74) is 5.10.